The average molecular weight is 286 g/mol. The zero-order valence-corrected chi connectivity index (χ0v) is 10.6. The smallest absolute Gasteiger partial charge is 0.126 e. The van der Waals surface area contributed by atoms with Crippen molar-refractivity contribution in [3.05, 3.63) is 33.8 Å². The van der Waals surface area contributed by atoms with Crippen LogP contribution in [-0.2, 0) is 0 Å². The van der Waals surface area contributed by atoms with Crippen molar-refractivity contribution in [1.82, 2.24) is 4.98 Å². The molecule has 0 amide bonds. The second-order valence-corrected chi connectivity index (χ2v) is 4.36. The number of benzene rings is 1. The molecule has 1 aromatic heterocycles. The SMILES string of the molecule is CCNc1ccc2ccc(Cl)c(Br)c2n1. The summed E-state index contributed by atoms with van der Waals surface area (Å²) in [5.74, 6) is 0.868. The Morgan fingerprint density at radius 1 is 1.33 bits per heavy atom. The number of nitrogens with one attached hydrogen (secondary N) is 1. The molecule has 2 rings (SSSR count). The number of anilines is 1. The lowest BCUT2D eigenvalue weighted by atomic mass is 10.2. The molecule has 0 bridgehead atoms. The monoisotopic (exact) mass is 284 g/mol. The maximum absolute atomic E-state index is 6.01. The normalized spacial score (nSPS) is 10.6. The third-order valence-corrected chi connectivity index (χ3v) is 3.46. The Hall–Kier alpha value is -0.800. The van der Waals surface area contributed by atoms with Gasteiger partial charge in [0.25, 0.3) is 0 Å². The van der Waals surface area contributed by atoms with Gasteiger partial charge in [0.15, 0.2) is 0 Å². The first-order valence-corrected chi connectivity index (χ1v) is 5.88. The lowest BCUT2D eigenvalue weighted by molar-refractivity contribution is 1.17. The van der Waals surface area contributed by atoms with Gasteiger partial charge in [-0.05, 0) is 41.1 Å². The van der Waals surface area contributed by atoms with Crippen LogP contribution in [0.5, 0.6) is 0 Å². The molecule has 0 aliphatic rings. The summed E-state index contributed by atoms with van der Waals surface area (Å²) in [5.41, 5.74) is 0.890. The van der Waals surface area contributed by atoms with Crippen LogP contribution in [0.2, 0.25) is 5.02 Å². The number of rotatable bonds is 2. The molecule has 0 saturated heterocycles. The summed E-state index contributed by atoms with van der Waals surface area (Å²) in [7, 11) is 0. The minimum absolute atomic E-state index is 0.684. The molecule has 1 heterocycles. The molecule has 4 heteroatoms. The Labute approximate surface area is 102 Å². The van der Waals surface area contributed by atoms with Gasteiger partial charge in [-0.25, -0.2) is 4.98 Å². The molecular weight excluding hydrogens is 275 g/mol. The van der Waals surface area contributed by atoms with Crippen molar-refractivity contribution in [3.8, 4) is 0 Å². The minimum atomic E-state index is 0.684. The highest BCUT2D eigenvalue weighted by molar-refractivity contribution is 9.10. The Morgan fingerprint density at radius 2 is 2.07 bits per heavy atom. The molecule has 0 aliphatic heterocycles. The summed E-state index contributed by atoms with van der Waals surface area (Å²) >= 11 is 9.45. The maximum Gasteiger partial charge on any atom is 0.126 e. The van der Waals surface area contributed by atoms with E-state index >= 15 is 0 Å². The van der Waals surface area contributed by atoms with E-state index in [2.05, 4.69) is 26.2 Å². The van der Waals surface area contributed by atoms with Crippen molar-refractivity contribution in [2.24, 2.45) is 0 Å². The summed E-state index contributed by atoms with van der Waals surface area (Å²) in [6, 6.07) is 7.82. The van der Waals surface area contributed by atoms with Gasteiger partial charge >= 0.3 is 0 Å². The third-order valence-electron chi connectivity index (χ3n) is 2.11. The summed E-state index contributed by atoms with van der Waals surface area (Å²) in [5, 5.41) is 4.93. The highest BCUT2D eigenvalue weighted by Gasteiger charge is 2.05. The molecule has 15 heavy (non-hydrogen) atoms. The first-order valence-electron chi connectivity index (χ1n) is 4.71. The molecule has 78 valence electrons. The topological polar surface area (TPSA) is 24.9 Å². The Balaban J connectivity index is 2.63. The Kier molecular flexibility index (Phi) is 3.12. The Bertz CT molecular complexity index is 499. The molecule has 1 aromatic carbocycles. The van der Waals surface area contributed by atoms with E-state index in [9.17, 15) is 0 Å². The van der Waals surface area contributed by atoms with Gasteiger partial charge in [0, 0.05) is 11.9 Å². The van der Waals surface area contributed by atoms with Gasteiger partial charge in [-0.15, -0.1) is 0 Å². The van der Waals surface area contributed by atoms with E-state index in [0.29, 0.717) is 5.02 Å². The second-order valence-electron chi connectivity index (χ2n) is 3.16. The maximum atomic E-state index is 6.01. The average Bonchev–Trinajstić information content (AvgIpc) is 2.25. The first kappa shape index (κ1) is 10.7. The van der Waals surface area contributed by atoms with Gasteiger partial charge in [-0.1, -0.05) is 17.7 Å². The van der Waals surface area contributed by atoms with Gasteiger partial charge in [0.2, 0.25) is 0 Å². The molecule has 0 saturated carbocycles. The molecule has 2 nitrogen and oxygen atoms in total. The summed E-state index contributed by atoms with van der Waals surface area (Å²) < 4.78 is 0.849. The zero-order valence-electron chi connectivity index (χ0n) is 8.22. The number of aromatic nitrogens is 1. The van der Waals surface area contributed by atoms with Crippen LogP contribution < -0.4 is 5.32 Å². The Morgan fingerprint density at radius 3 is 2.80 bits per heavy atom. The van der Waals surface area contributed by atoms with Crippen LogP contribution in [-0.4, -0.2) is 11.5 Å². The van der Waals surface area contributed by atoms with Crippen molar-refractivity contribution in [2.45, 2.75) is 6.92 Å². The highest BCUT2D eigenvalue weighted by atomic mass is 79.9. The van der Waals surface area contributed by atoms with E-state index in [1.165, 1.54) is 0 Å². The number of hydrogen-bond acceptors (Lipinski definition) is 2. The predicted octanol–water partition coefficient (Wildman–Crippen LogP) is 4.08. The van der Waals surface area contributed by atoms with Crippen molar-refractivity contribution < 1.29 is 0 Å². The largest absolute Gasteiger partial charge is 0.370 e. The van der Waals surface area contributed by atoms with E-state index in [0.717, 1.165) is 27.7 Å². The highest BCUT2D eigenvalue weighted by Crippen LogP contribution is 2.30. The van der Waals surface area contributed by atoms with Crippen LogP contribution in [0.3, 0.4) is 0 Å². The van der Waals surface area contributed by atoms with Crippen LogP contribution in [0.1, 0.15) is 6.92 Å². The van der Waals surface area contributed by atoms with Crippen LogP contribution in [0.4, 0.5) is 5.82 Å². The second kappa shape index (κ2) is 4.37. The van der Waals surface area contributed by atoms with Crippen LogP contribution in [0.25, 0.3) is 10.9 Å². The molecule has 0 spiro atoms. The lowest BCUT2D eigenvalue weighted by Gasteiger charge is -2.06. The zero-order chi connectivity index (χ0) is 10.8. The van der Waals surface area contributed by atoms with Crippen molar-refractivity contribution in [1.29, 1.82) is 0 Å². The fourth-order valence-corrected chi connectivity index (χ4v) is 2.01. The standard InChI is InChI=1S/C11H10BrClN2/c1-2-14-9-6-4-7-3-5-8(13)10(12)11(7)15-9/h3-6H,2H2,1H3,(H,14,15). The number of halogens is 2. The molecule has 0 fully saturated rings. The molecule has 0 atom stereocenters. The van der Waals surface area contributed by atoms with Crippen LogP contribution in [0, 0.1) is 0 Å². The number of hydrogen-bond donors (Lipinski definition) is 1. The first-order chi connectivity index (χ1) is 7.22. The molecule has 2 aromatic rings. The molecule has 0 unspecified atom stereocenters. The predicted molar refractivity (Wildman–Crippen MR) is 68.6 cm³/mol. The van der Waals surface area contributed by atoms with Gasteiger partial charge < -0.3 is 5.32 Å². The fraction of sp³-hybridized carbons (Fsp3) is 0.182. The molecule has 0 radical (unpaired) electrons. The van der Waals surface area contributed by atoms with Crippen molar-refractivity contribution in [2.75, 3.05) is 11.9 Å². The van der Waals surface area contributed by atoms with Crippen molar-refractivity contribution >= 4 is 44.3 Å². The fourth-order valence-electron chi connectivity index (χ4n) is 1.41. The number of fused-ring (bicyclic) bond motifs is 1. The van der Waals surface area contributed by atoms with Crippen LogP contribution >= 0.6 is 27.5 Å². The molecule has 0 aliphatic carbocycles. The summed E-state index contributed by atoms with van der Waals surface area (Å²) in [6.45, 7) is 2.90. The van der Waals surface area contributed by atoms with Gasteiger partial charge in [0.05, 0.1) is 15.0 Å². The summed E-state index contributed by atoms with van der Waals surface area (Å²) in [6.07, 6.45) is 0. The number of nitrogens with zero attached hydrogens (tertiary/aromatic N) is 1. The van der Waals surface area contributed by atoms with E-state index in [1.807, 2.05) is 31.2 Å². The molecular formula is C11H10BrClN2. The van der Waals surface area contributed by atoms with E-state index in [-0.39, 0.29) is 0 Å². The van der Waals surface area contributed by atoms with Gasteiger partial charge in [0.1, 0.15) is 5.82 Å². The number of pyridine rings is 1. The van der Waals surface area contributed by atoms with Crippen molar-refractivity contribution in [3.63, 3.8) is 0 Å². The van der Waals surface area contributed by atoms with Gasteiger partial charge in [-0.2, -0.15) is 0 Å². The van der Waals surface area contributed by atoms with E-state index in [4.69, 9.17) is 11.6 Å². The minimum Gasteiger partial charge on any atom is -0.370 e. The quantitative estimate of drug-likeness (QED) is 0.899. The lowest BCUT2D eigenvalue weighted by Crippen LogP contribution is -1.98. The van der Waals surface area contributed by atoms with E-state index in [1.54, 1.807) is 0 Å². The van der Waals surface area contributed by atoms with Gasteiger partial charge in [-0.3, -0.25) is 0 Å². The summed E-state index contributed by atoms with van der Waals surface area (Å²) in [4.78, 5) is 4.48. The van der Waals surface area contributed by atoms with Crippen LogP contribution in [0.15, 0.2) is 28.7 Å². The molecule has 1 N–H and O–H groups in total. The van der Waals surface area contributed by atoms with E-state index < -0.39 is 0 Å². The third kappa shape index (κ3) is 2.08.